The highest BCUT2D eigenvalue weighted by Gasteiger charge is 2.41. The minimum atomic E-state index is -1.12. The summed E-state index contributed by atoms with van der Waals surface area (Å²) in [5.41, 5.74) is 7.90. The Kier molecular flexibility index (Phi) is 8.22. The number of amides is 1. The van der Waals surface area contributed by atoms with Gasteiger partial charge in [0.25, 0.3) is 0 Å². The number of nitrogens with zero attached hydrogens (tertiary/aromatic N) is 2. The van der Waals surface area contributed by atoms with Gasteiger partial charge in [-0.1, -0.05) is 25.5 Å². The number of carboxylic acids is 1. The van der Waals surface area contributed by atoms with E-state index in [2.05, 4.69) is 37.8 Å². The number of carboxylic acid groups (broad SMARTS) is 1. The lowest BCUT2D eigenvalue weighted by Crippen LogP contribution is -2.47. The van der Waals surface area contributed by atoms with Crippen LogP contribution in [-0.2, 0) is 22.4 Å². The molecule has 2 aromatic rings. The van der Waals surface area contributed by atoms with Crippen molar-refractivity contribution in [2.45, 2.75) is 65.0 Å². The van der Waals surface area contributed by atoms with Gasteiger partial charge in [0.1, 0.15) is 0 Å². The topological polar surface area (TPSA) is 79.3 Å². The molecular formula is C33H42N2O5. The predicted molar refractivity (Wildman–Crippen MR) is 155 cm³/mol. The van der Waals surface area contributed by atoms with Crippen molar-refractivity contribution in [3.8, 4) is 11.5 Å². The molecule has 2 aromatic carbocycles. The molecule has 5 rings (SSSR count). The molecule has 3 aliphatic rings. The van der Waals surface area contributed by atoms with Crippen molar-refractivity contribution in [3.63, 3.8) is 0 Å². The number of aryl methyl sites for hydroxylation is 2. The van der Waals surface area contributed by atoms with E-state index >= 15 is 0 Å². The Hall–Kier alpha value is -3.32. The quantitative estimate of drug-likeness (QED) is 0.467. The summed E-state index contributed by atoms with van der Waals surface area (Å²) in [6.45, 7) is 9.39. The Bertz CT molecular complexity index is 1320. The van der Waals surface area contributed by atoms with E-state index in [1.54, 1.807) is 14.2 Å². The Morgan fingerprint density at radius 1 is 0.925 bits per heavy atom. The summed E-state index contributed by atoms with van der Waals surface area (Å²) in [4.78, 5) is 29.1. The third-order valence-electron chi connectivity index (χ3n) is 9.59. The van der Waals surface area contributed by atoms with E-state index in [0.717, 1.165) is 56.0 Å². The maximum Gasteiger partial charge on any atom is 0.328 e. The molecule has 1 saturated heterocycles. The van der Waals surface area contributed by atoms with Gasteiger partial charge in [-0.25, -0.2) is 4.79 Å². The van der Waals surface area contributed by atoms with Crippen LogP contribution >= 0.6 is 0 Å². The van der Waals surface area contributed by atoms with Gasteiger partial charge >= 0.3 is 5.97 Å². The first-order valence-corrected chi connectivity index (χ1v) is 14.5. The number of hydrogen-bond donors (Lipinski definition) is 1. The largest absolute Gasteiger partial charge is 0.493 e. The molecule has 4 atom stereocenters. The van der Waals surface area contributed by atoms with Crippen LogP contribution in [0.3, 0.4) is 0 Å². The SMILES string of the molecule is CCC1CN2CCc3cc(C)c(C)cc3C2CC1CC1c2cc(OC)c(OC)cc2CCN1C(=O)/C=C/C(=O)O. The molecule has 0 bridgehead atoms. The van der Waals surface area contributed by atoms with Crippen molar-refractivity contribution in [3.05, 3.63) is 69.8 Å². The number of benzene rings is 2. The number of fused-ring (bicyclic) bond motifs is 4. The second-order valence-corrected chi connectivity index (χ2v) is 11.7. The second-order valence-electron chi connectivity index (χ2n) is 11.7. The molecule has 3 heterocycles. The van der Waals surface area contributed by atoms with Gasteiger partial charge in [0.05, 0.1) is 20.3 Å². The number of carbonyl (C=O) groups is 2. The molecule has 214 valence electrons. The molecule has 4 unspecified atom stereocenters. The molecule has 3 aliphatic heterocycles. The number of piperidine rings is 1. The molecule has 7 heteroatoms. The van der Waals surface area contributed by atoms with Gasteiger partial charge < -0.3 is 19.5 Å². The van der Waals surface area contributed by atoms with Crippen LogP contribution in [0.4, 0.5) is 0 Å². The molecular weight excluding hydrogens is 504 g/mol. The summed E-state index contributed by atoms with van der Waals surface area (Å²) in [6, 6.07) is 9.08. The van der Waals surface area contributed by atoms with Gasteiger partial charge in [-0.15, -0.1) is 0 Å². The minimum absolute atomic E-state index is 0.164. The number of aliphatic carboxylic acids is 1. The van der Waals surface area contributed by atoms with Crippen molar-refractivity contribution in [2.75, 3.05) is 33.9 Å². The van der Waals surface area contributed by atoms with Crippen LogP contribution in [0.2, 0.25) is 0 Å². The number of methoxy groups -OCH3 is 2. The Balaban J connectivity index is 1.51. The van der Waals surface area contributed by atoms with Crippen molar-refractivity contribution >= 4 is 11.9 Å². The highest BCUT2D eigenvalue weighted by atomic mass is 16.5. The Morgan fingerprint density at radius 2 is 1.60 bits per heavy atom. The average Bonchev–Trinajstić information content (AvgIpc) is 2.95. The molecule has 40 heavy (non-hydrogen) atoms. The summed E-state index contributed by atoms with van der Waals surface area (Å²) < 4.78 is 11.2. The van der Waals surface area contributed by atoms with Crippen LogP contribution < -0.4 is 9.47 Å². The molecule has 0 aromatic heterocycles. The highest BCUT2D eigenvalue weighted by Crippen LogP contribution is 2.48. The maximum atomic E-state index is 13.4. The summed E-state index contributed by atoms with van der Waals surface area (Å²) in [6.07, 6.45) is 6.90. The lowest BCUT2D eigenvalue weighted by molar-refractivity contribution is -0.133. The molecule has 0 saturated carbocycles. The monoisotopic (exact) mass is 546 g/mol. The zero-order valence-electron chi connectivity index (χ0n) is 24.4. The first kappa shape index (κ1) is 28.2. The molecule has 0 radical (unpaired) electrons. The van der Waals surface area contributed by atoms with Crippen LogP contribution in [0.1, 0.15) is 71.7 Å². The van der Waals surface area contributed by atoms with Crippen molar-refractivity contribution < 1.29 is 24.2 Å². The van der Waals surface area contributed by atoms with Crippen LogP contribution in [0.15, 0.2) is 36.4 Å². The van der Waals surface area contributed by atoms with E-state index in [0.29, 0.717) is 42.3 Å². The van der Waals surface area contributed by atoms with Crippen molar-refractivity contribution in [2.24, 2.45) is 11.8 Å². The number of ether oxygens (including phenoxy) is 2. The third kappa shape index (κ3) is 5.36. The first-order chi connectivity index (χ1) is 19.2. The lowest BCUT2D eigenvalue weighted by Gasteiger charge is -2.49. The minimum Gasteiger partial charge on any atom is -0.493 e. The van der Waals surface area contributed by atoms with E-state index in [4.69, 9.17) is 9.47 Å². The fourth-order valence-corrected chi connectivity index (χ4v) is 7.29. The third-order valence-corrected chi connectivity index (χ3v) is 9.59. The second kappa shape index (κ2) is 11.7. The van der Waals surface area contributed by atoms with Crippen LogP contribution in [0.25, 0.3) is 0 Å². The summed E-state index contributed by atoms with van der Waals surface area (Å²) in [7, 11) is 3.27. The van der Waals surface area contributed by atoms with E-state index in [9.17, 15) is 14.7 Å². The van der Waals surface area contributed by atoms with Crippen molar-refractivity contribution in [1.82, 2.24) is 9.80 Å². The average molecular weight is 547 g/mol. The van der Waals surface area contributed by atoms with Gasteiger partial charge in [-0.05, 0) is 96.9 Å². The fourth-order valence-electron chi connectivity index (χ4n) is 7.29. The fraction of sp³-hybridized carbons (Fsp3) is 0.515. The number of hydrogen-bond acceptors (Lipinski definition) is 5. The standard InChI is InChI=1S/C33H42N2O5/c1-6-22-19-34-11-9-23-13-20(2)21(3)14-26(23)28(34)15-25(22)16-29-27-18-31(40-5)30(39-4)17-24(27)10-12-35(29)32(36)7-8-33(37)38/h7-8,13-14,17-18,22,25,28-29H,6,9-12,15-16,19H2,1-5H3,(H,37,38)/b8-7+. The summed E-state index contributed by atoms with van der Waals surface area (Å²) >= 11 is 0. The van der Waals surface area contributed by atoms with E-state index in [1.807, 2.05) is 17.0 Å². The molecule has 1 fully saturated rings. The summed E-state index contributed by atoms with van der Waals surface area (Å²) in [5, 5.41) is 9.17. The zero-order valence-corrected chi connectivity index (χ0v) is 24.4. The maximum absolute atomic E-state index is 13.4. The molecule has 0 aliphatic carbocycles. The van der Waals surface area contributed by atoms with Gasteiger partial charge in [0.15, 0.2) is 11.5 Å². The smallest absolute Gasteiger partial charge is 0.328 e. The molecule has 1 amide bonds. The van der Waals surface area contributed by atoms with E-state index in [1.165, 1.54) is 28.3 Å². The van der Waals surface area contributed by atoms with E-state index in [-0.39, 0.29) is 11.9 Å². The molecule has 0 spiro atoms. The van der Waals surface area contributed by atoms with Crippen LogP contribution in [-0.4, -0.2) is 60.6 Å². The zero-order chi connectivity index (χ0) is 28.6. The number of carbonyl (C=O) groups excluding carboxylic acids is 1. The predicted octanol–water partition coefficient (Wildman–Crippen LogP) is 5.42. The first-order valence-electron chi connectivity index (χ1n) is 14.5. The van der Waals surface area contributed by atoms with Gasteiger partial charge in [0, 0.05) is 37.8 Å². The molecule has 7 nitrogen and oxygen atoms in total. The van der Waals surface area contributed by atoms with Gasteiger partial charge in [0.2, 0.25) is 5.91 Å². The normalized spacial score (nSPS) is 24.3. The van der Waals surface area contributed by atoms with Crippen LogP contribution in [0, 0.1) is 25.7 Å². The Labute approximate surface area is 237 Å². The number of rotatable bonds is 7. The van der Waals surface area contributed by atoms with Crippen molar-refractivity contribution in [1.29, 1.82) is 0 Å². The van der Waals surface area contributed by atoms with Gasteiger partial charge in [-0.3, -0.25) is 9.69 Å². The summed E-state index contributed by atoms with van der Waals surface area (Å²) in [5.74, 6) is 0.911. The Morgan fingerprint density at radius 3 is 2.30 bits per heavy atom. The van der Waals surface area contributed by atoms with Gasteiger partial charge in [-0.2, -0.15) is 0 Å². The van der Waals surface area contributed by atoms with Crippen LogP contribution in [0.5, 0.6) is 11.5 Å². The van der Waals surface area contributed by atoms with E-state index < -0.39 is 5.97 Å². The molecule has 1 N–H and O–H groups in total. The highest BCUT2D eigenvalue weighted by molar-refractivity contribution is 5.94. The lowest BCUT2D eigenvalue weighted by atomic mass is 9.72.